The molecule has 0 saturated heterocycles. The molecule has 0 aromatic heterocycles. The molecule has 15 heavy (non-hydrogen) atoms. The van der Waals surface area contributed by atoms with Crippen molar-refractivity contribution < 1.29 is 18.3 Å². The molecule has 0 aliphatic carbocycles. The molecule has 0 radical (unpaired) electrons. The fraction of sp³-hybridized carbons (Fsp3) is 0.400. The maximum atomic E-state index is 12.5. The molecule has 0 aliphatic heterocycles. The number of aliphatic hydroxyl groups excluding tert-OH is 1. The van der Waals surface area contributed by atoms with Gasteiger partial charge in [-0.15, -0.1) is 11.6 Å². The molecule has 0 aliphatic rings. The summed E-state index contributed by atoms with van der Waals surface area (Å²) in [7, 11) is 0. The average Bonchev–Trinajstić information content (AvgIpc) is 2.15. The Morgan fingerprint density at radius 3 is 2.47 bits per heavy atom. The van der Waals surface area contributed by atoms with E-state index in [0.29, 0.717) is 0 Å². The Morgan fingerprint density at radius 1 is 1.40 bits per heavy atom. The fourth-order valence-corrected chi connectivity index (χ4v) is 1.42. The van der Waals surface area contributed by atoms with E-state index in [-0.39, 0.29) is 17.0 Å². The minimum absolute atomic E-state index is 0.125. The number of benzene rings is 1. The third-order valence-electron chi connectivity index (χ3n) is 2.10. The Labute approximate surface area is 90.5 Å². The van der Waals surface area contributed by atoms with Crippen LogP contribution in [-0.2, 0) is 6.18 Å². The monoisotopic (exact) mass is 238 g/mol. The largest absolute Gasteiger partial charge is 0.416 e. The highest BCUT2D eigenvalue weighted by Gasteiger charge is 2.32. The lowest BCUT2D eigenvalue weighted by Crippen LogP contribution is -2.09. The molecule has 1 aromatic carbocycles. The number of aliphatic hydroxyl groups is 1. The summed E-state index contributed by atoms with van der Waals surface area (Å²) in [6.07, 6.45) is -5.46. The standard InChI is InChI=1S/C10H10ClF3O/c1-6-2-3-7(9(15)5-11)4-8(6)10(12,13)14/h2-4,9,15H,5H2,1H3. The van der Waals surface area contributed by atoms with Crippen LogP contribution in [0.1, 0.15) is 22.8 Å². The minimum atomic E-state index is -4.40. The van der Waals surface area contributed by atoms with Crippen LogP contribution >= 0.6 is 11.6 Å². The van der Waals surface area contributed by atoms with Crippen molar-refractivity contribution in [1.82, 2.24) is 0 Å². The zero-order valence-corrected chi connectivity index (χ0v) is 8.73. The molecule has 5 heteroatoms. The molecular weight excluding hydrogens is 229 g/mol. The van der Waals surface area contributed by atoms with Crippen molar-refractivity contribution in [2.45, 2.75) is 19.2 Å². The molecule has 1 rings (SSSR count). The van der Waals surface area contributed by atoms with Crippen molar-refractivity contribution in [1.29, 1.82) is 0 Å². The van der Waals surface area contributed by atoms with E-state index < -0.39 is 17.8 Å². The van der Waals surface area contributed by atoms with E-state index in [1.54, 1.807) is 0 Å². The smallest absolute Gasteiger partial charge is 0.387 e. The fourth-order valence-electron chi connectivity index (χ4n) is 1.24. The number of alkyl halides is 4. The molecule has 1 unspecified atom stereocenters. The number of aryl methyl sites for hydroxylation is 1. The lowest BCUT2D eigenvalue weighted by atomic mass is 10.0. The van der Waals surface area contributed by atoms with Crippen LogP contribution < -0.4 is 0 Å². The number of hydrogen-bond acceptors (Lipinski definition) is 1. The first-order valence-electron chi connectivity index (χ1n) is 4.28. The van der Waals surface area contributed by atoms with Crippen LogP contribution in [0.15, 0.2) is 18.2 Å². The second-order valence-electron chi connectivity index (χ2n) is 3.24. The quantitative estimate of drug-likeness (QED) is 0.784. The highest BCUT2D eigenvalue weighted by molar-refractivity contribution is 6.18. The molecule has 1 N–H and O–H groups in total. The van der Waals surface area contributed by atoms with E-state index in [9.17, 15) is 18.3 Å². The van der Waals surface area contributed by atoms with Crippen molar-refractivity contribution in [3.8, 4) is 0 Å². The highest BCUT2D eigenvalue weighted by atomic mass is 35.5. The topological polar surface area (TPSA) is 20.2 Å². The number of rotatable bonds is 2. The van der Waals surface area contributed by atoms with Crippen LogP contribution in [0.4, 0.5) is 13.2 Å². The maximum Gasteiger partial charge on any atom is 0.416 e. The predicted octanol–water partition coefficient (Wildman–Crippen LogP) is 3.29. The van der Waals surface area contributed by atoms with Gasteiger partial charge in [0.2, 0.25) is 0 Å². The zero-order valence-electron chi connectivity index (χ0n) is 7.98. The lowest BCUT2D eigenvalue weighted by molar-refractivity contribution is -0.138. The van der Waals surface area contributed by atoms with E-state index in [2.05, 4.69) is 0 Å². The van der Waals surface area contributed by atoms with Gasteiger partial charge in [0.05, 0.1) is 17.5 Å². The Kier molecular flexibility index (Phi) is 3.62. The van der Waals surface area contributed by atoms with E-state index >= 15 is 0 Å². The van der Waals surface area contributed by atoms with Gasteiger partial charge in [-0.3, -0.25) is 0 Å². The Balaban J connectivity index is 3.17. The van der Waals surface area contributed by atoms with E-state index in [1.807, 2.05) is 0 Å². The molecule has 0 saturated carbocycles. The maximum absolute atomic E-state index is 12.5. The predicted molar refractivity (Wildman–Crippen MR) is 51.9 cm³/mol. The summed E-state index contributed by atoms with van der Waals surface area (Å²) in [6.45, 7) is 1.37. The van der Waals surface area contributed by atoms with Crippen molar-refractivity contribution in [3.63, 3.8) is 0 Å². The zero-order chi connectivity index (χ0) is 11.6. The Hall–Kier alpha value is -0.740. The summed E-state index contributed by atoms with van der Waals surface area (Å²) in [5, 5.41) is 9.31. The van der Waals surface area contributed by atoms with Gasteiger partial charge in [-0.05, 0) is 24.1 Å². The molecule has 0 amide bonds. The van der Waals surface area contributed by atoms with Crippen LogP contribution in [-0.4, -0.2) is 11.0 Å². The number of hydrogen-bond donors (Lipinski definition) is 1. The van der Waals surface area contributed by atoms with Gasteiger partial charge < -0.3 is 5.11 Å². The summed E-state index contributed by atoms with van der Waals surface area (Å²) < 4.78 is 37.4. The Bertz CT molecular complexity index is 349. The molecule has 0 bridgehead atoms. The molecular formula is C10H10ClF3O. The third kappa shape index (κ3) is 2.86. The summed E-state index contributed by atoms with van der Waals surface area (Å²) in [5.41, 5.74) is -0.417. The van der Waals surface area contributed by atoms with Crippen LogP contribution in [0.25, 0.3) is 0 Å². The first kappa shape index (κ1) is 12.3. The summed E-state index contributed by atoms with van der Waals surface area (Å²) in [5.74, 6) is -0.125. The van der Waals surface area contributed by atoms with Crippen molar-refractivity contribution in [3.05, 3.63) is 34.9 Å². The average molecular weight is 239 g/mol. The van der Waals surface area contributed by atoms with Crippen molar-refractivity contribution in [2.75, 3.05) is 5.88 Å². The second kappa shape index (κ2) is 4.41. The summed E-state index contributed by atoms with van der Waals surface area (Å²) in [4.78, 5) is 0. The molecule has 84 valence electrons. The third-order valence-corrected chi connectivity index (χ3v) is 2.39. The van der Waals surface area contributed by atoms with E-state index in [0.717, 1.165) is 6.07 Å². The first-order chi connectivity index (χ1) is 6.86. The van der Waals surface area contributed by atoms with Gasteiger partial charge in [-0.1, -0.05) is 12.1 Å². The van der Waals surface area contributed by atoms with Gasteiger partial charge in [0.25, 0.3) is 0 Å². The summed E-state index contributed by atoms with van der Waals surface area (Å²) >= 11 is 5.36. The minimum Gasteiger partial charge on any atom is -0.387 e. The van der Waals surface area contributed by atoms with Crippen molar-refractivity contribution >= 4 is 11.6 Å². The lowest BCUT2D eigenvalue weighted by Gasteiger charge is -2.14. The molecule has 0 heterocycles. The SMILES string of the molecule is Cc1ccc(C(O)CCl)cc1C(F)(F)F. The number of halogens is 4. The second-order valence-corrected chi connectivity index (χ2v) is 3.55. The van der Waals surface area contributed by atoms with Crippen LogP contribution in [0.3, 0.4) is 0 Å². The van der Waals surface area contributed by atoms with Crippen LogP contribution in [0, 0.1) is 6.92 Å². The molecule has 0 fully saturated rings. The first-order valence-corrected chi connectivity index (χ1v) is 4.81. The summed E-state index contributed by atoms with van der Waals surface area (Å²) in [6, 6.07) is 3.70. The van der Waals surface area contributed by atoms with Gasteiger partial charge in [0, 0.05) is 0 Å². The van der Waals surface area contributed by atoms with E-state index in [4.69, 9.17) is 11.6 Å². The molecule has 0 spiro atoms. The van der Waals surface area contributed by atoms with E-state index in [1.165, 1.54) is 19.1 Å². The van der Waals surface area contributed by atoms with Gasteiger partial charge in [-0.25, -0.2) is 0 Å². The molecule has 1 nitrogen and oxygen atoms in total. The molecule has 1 atom stereocenters. The van der Waals surface area contributed by atoms with Crippen molar-refractivity contribution in [2.24, 2.45) is 0 Å². The van der Waals surface area contributed by atoms with Crippen LogP contribution in [0.2, 0.25) is 0 Å². The van der Waals surface area contributed by atoms with Gasteiger partial charge >= 0.3 is 6.18 Å². The Morgan fingerprint density at radius 2 is 2.00 bits per heavy atom. The normalized spacial score (nSPS) is 14.0. The highest BCUT2D eigenvalue weighted by Crippen LogP contribution is 2.33. The molecule has 1 aromatic rings. The van der Waals surface area contributed by atoms with Gasteiger partial charge in [0.15, 0.2) is 0 Å². The van der Waals surface area contributed by atoms with Gasteiger partial charge in [0.1, 0.15) is 0 Å². The van der Waals surface area contributed by atoms with Crippen LogP contribution in [0.5, 0.6) is 0 Å². The van der Waals surface area contributed by atoms with Gasteiger partial charge in [-0.2, -0.15) is 13.2 Å².